The van der Waals surface area contributed by atoms with Crippen LogP contribution < -0.4 is 14.8 Å². The Morgan fingerprint density at radius 2 is 1.93 bits per heavy atom. The molecule has 1 aromatic heterocycles. The second-order valence-electron chi connectivity index (χ2n) is 5.75. The van der Waals surface area contributed by atoms with Crippen molar-refractivity contribution in [2.24, 2.45) is 0 Å². The van der Waals surface area contributed by atoms with E-state index >= 15 is 0 Å². The van der Waals surface area contributed by atoms with Crippen molar-refractivity contribution < 1.29 is 28.2 Å². The average molecular weight is 387 g/mol. The van der Waals surface area contributed by atoms with E-state index in [1.165, 1.54) is 12.1 Å². The molecule has 0 saturated heterocycles. The fourth-order valence-electron chi connectivity index (χ4n) is 2.65. The van der Waals surface area contributed by atoms with Gasteiger partial charge in [0.25, 0.3) is 5.91 Å². The molecule has 2 heterocycles. The van der Waals surface area contributed by atoms with Crippen molar-refractivity contribution in [3.8, 4) is 11.5 Å². The van der Waals surface area contributed by atoms with Crippen LogP contribution in [-0.4, -0.2) is 31.7 Å². The van der Waals surface area contributed by atoms with Gasteiger partial charge in [-0.25, -0.2) is 9.18 Å². The second-order valence-corrected chi connectivity index (χ2v) is 6.83. The summed E-state index contributed by atoms with van der Waals surface area (Å²) in [5.41, 5.74) is 0.504. The van der Waals surface area contributed by atoms with Crippen LogP contribution in [0.4, 0.5) is 10.1 Å². The second kappa shape index (κ2) is 7.24. The fraction of sp³-hybridized carbons (Fsp3) is 0.158. The summed E-state index contributed by atoms with van der Waals surface area (Å²) in [6, 6.07) is 11.0. The van der Waals surface area contributed by atoms with Gasteiger partial charge in [-0.15, -0.1) is 11.3 Å². The van der Waals surface area contributed by atoms with Crippen LogP contribution in [0.1, 0.15) is 9.67 Å². The molecule has 0 aliphatic carbocycles. The highest BCUT2D eigenvalue weighted by Gasteiger charge is 2.16. The van der Waals surface area contributed by atoms with Gasteiger partial charge in [-0.05, 0) is 30.3 Å². The summed E-state index contributed by atoms with van der Waals surface area (Å²) < 4.78 is 30.2. The molecule has 1 aliphatic rings. The first kappa shape index (κ1) is 17.3. The van der Waals surface area contributed by atoms with Crippen molar-refractivity contribution in [2.45, 2.75) is 0 Å². The molecule has 3 aromatic rings. The monoisotopic (exact) mass is 387 g/mol. The van der Waals surface area contributed by atoms with E-state index in [9.17, 15) is 14.0 Å². The third-order valence-corrected chi connectivity index (χ3v) is 4.95. The van der Waals surface area contributed by atoms with Crippen molar-refractivity contribution >= 4 is 39.0 Å². The van der Waals surface area contributed by atoms with Crippen molar-refractivity contribution in [1.29, 1.82) is 0 Å². The van der Waals surface area contributed by atoms with Crippen LogP contribution in [0, 0.1) is 5.82 Å². The summed E-state index contributed by atoms with van der Waals surface area (Å²) >= 11 is 1.11. The molecule has 27 heavy (non-hydrogen) atoms. The number of rotatable bonds is 4. The standard InChI is InChI=1S/C19H14FNO5S/c20-13-2-1-3-16-12(13)9-17(27-16)19(23)26-10-18(22)21-11-4-5-14-15(8-11)25-7-6-24-14/h1-5,8-9H,6-7,10H2,(H,21,22). The van der Waals surface area contributed by atoms with Gasteiger partial charge in [-0.3, -0.25) is 4.79 Å². The Kier molecular flexibility index (Phi) is 4.64. The number of amides is 1. The molecular formula is C19H14FNO5S. The number of carbonyl (C=O) groups is 2. The molecule has 6 nitrogen and oxygen atoms in total. The molecule has 1 aliphatic heterocycles. The summed E-state index contributed by atoms with van der Waals surface area (Å²) in [7, 11) is 0. The smallest absolute Gasteiger partial charge is 0.348 e. The van der Waals surface area contributed by atoms with Gasteiger partial charge in [-0.1, -0.05) is 6.07 Å². The summed E-state index contributed by atoms with van der Waals surface area (Å²) in [5, 5.41) is 2.98. The number of esters is 1. The minimum Gasteiger partial charge on any atom is -0.486 e. The Bertz CT molecular complexity index is 1030. The zero-order valence-corrected chi connectivity index (χ0v) is 14.8. The quantitative estimate of drug-likeness (QED) is 0.693. The molecule has 1 amide bonds. The Morgan fingerprint density at radius 1 is 1.11 bits per heavy atom. The predicted molar refractivity (Wildman–Crippen MR) is 98.1 cm³/mol. The first-order chi connectivity index (χ1) is 13.1. The Morgan fingerprint density at radius 3 is 2.74 bits per heavy atom. The van der Waals surface area contributed by atoms with E-state index in [4.69, 9.17) is 14.2 Å². The molecule has 8 heteroatoms. The van der Waals surface area contributed by atoms with E-state index in [-0.39, 0.29) is 4.88 Å². The van der Waals surface area contributed by atoms with Gasteiger partial charge in [-0.2, -0.15) is 0 Å². The average Bonchev–Trinajstić information content (AvgIpc) is 3.12. The van der Waals surface area contributed by atoms with Crippen LogP contribution in [0.25, 0.3) is 10.1 Å². The summed E-state index contributed by atoms with van der Waals surface area (Å²) in [4.78, 5) is 24.4. The number of hydrogen-bond acceptors (Lipinski definition) is 6. The van der Waals surface area contributed by atoms with E-state index in [2.05, 4.69) is 5.32 Å². The van der Waals surface area contributed by atoms with E-state index in [1.807, 2.05) is 0 Å². The normalized spacial score (nSPS) is 12.6. The van der Waals surface area contributed by atoms with E-state index in [0.29, 0.717) is 40.5 Å². The maximum Gasteiger partial charge on any atom is 0.348 e. The molecule has 0 radical (unpaired) electrons. The molecule has 0 fully saturated rings. The molecule has 0 saturated carbocycles. The maximum atomic E-state index is 13.7. The minimum atomic E-state index is -0.673. The SMILES string of the molecule is O=C(COC(=O)c1cc2c(F)cccc2s1)Nc1ccc2c(c1)OCCO2. The zero-order chi connectivity index (χ0) is 18.8. The summed E-state index contributed by atoms with van der Waals surface area (Å²) in [6.45, 7) is 0.470. The van der Waals surface area contributed by atoms with Gasteiger partial charge in [0.1, 0.15) is 23.9 Å². The van der Waals surface area contributed by atoms with Crippen LogP contribution >= 0.6 is 11.3 Å². The molecule has 0 bridgehead atoms. The van der Waals surface area contributed by atoms with Crippen LogP contribution in [0.3, 0.4) is 0 Å². The Labute approximate surface area is 157 Å². The largest absolute Gasteiger partial charge is 0.486 e. The third-order valence-electron chi connectivity index (χ3n) is 3.87. The number of fused-ring (bicyclic) bond motifs is 2. The number of anilines is 1. The van der Waals surface area contributed by atoms with Crippen molar-refractivity contribution in [1.82, 2.24) is 0 Å². The van der Waals surface area contributed by atoms with Gasteiger partial charge in [0, 0.05) is 21.8 Å². The lowest BCUT2D eigenvalue weighted by Gasteiger charge is -2.18. The number of carbonyl (C=O) groups excluding carboxylic acids is 2. The highest BCUT2D eigenvalue weighted by Crippen LogP contribution is 2.32. The van der Waals surface area contributed by atoms with Gasteiger partial charge < -0.3 is 19.5 Å². The Balaban J connectivity index is 1.37. The van der Waals surface area contributed by atoms with Crippen LogP contribution in [-0.2, 0) is 9.53 Å². The molecule has 0 spiro atoms. The minimum absolute atomic E-state index is 0.238. The molecular weight excluding hydrogens is 373 g/mol. The molecule has 1 N–H and O–H groups in total. The Hall–Kier alpha value is -3.13. The maximum absolute atomic E-state index is 13.7. The molecule has 2 aromatic carbocycles. The first-order valence-corrected chi connectivity index (χ1v) is 8.96. The van der Waals surface area contributed by atoms with Crippen LogP contribution in [0.15, 0.2) is 42.5 Å². The molecule has 0 atom stereocenters. The van der Waals surface area contributed by atoms with Crippen molar-refractivity contribution in [3.05, 3.63) is 53.2 Å². The first-order valence-electron chi connectivity index (χ1n) is 8.15. The van der Waals surface area contributed by atoms with Gasteiger partial charge in [0.05, 0.1) is 0 Å². The lowest BCUT2D eigenvalue weighted by atomic mass is 10.2. The highest BCUT2D eigenvalue weighted by molar-refractivity contribution is 7.20. The lowest BCUT2D eigenvalue weighted by molar-refractivity contribution is -0.119. The predicted octanol–water partition coefficient (Wildman–Crippen LogP) is 3.61. The number of halogens is 1. The number of hydrogen-bond donors (Lipinski definition) is 1. The van der Waals surface area contributed by atoms with Crippen LogP contribution in [0.2, 0.25) is 0 Å². The van der Waals surface area contributed by atoms with E-state index in [1.54, 1.807) is 30.3 Å². The summed E-state index contributed by atoms with van der Waals surface area (Å²) in [5.74, 6) is -0.412. The van der Waals surface area contributed by atoms with Crippen molar-refractivity contribution in [2.75, 3.05) is 25.1 Å². The van der Waals surface area contributed by atoms with Gasteiger partial charge in [0.15, 0.2) is 18.1 Å². The van der Waals surface area contributed by atoms with E-state index < -0.39 is 24.3 Å². The number of ether oxygens (including phenoxy) is 3. The molecule has 4 rings (SSSR count). The summed E-state index contributed by atoms with van der Waals surface area (Å²) in [6.07, 6.45) is 0. The van der Waals surface area contributed by atoms with Gasteiger partial charge in [0.2, 0.25) is 0 Å². The number of thiophene rings is 1. The molecule has 138 valence electrons. The topological polar surface area (TPSA) is 73.9 Å². The number of benzene rings is 2. The zero-order valence-electron chi connectivity index (χ0n) is 14.0. The highest BCUT2D eigenvalue weighted by atomic mass is 32.1. The third kappa shape index (κ3) is 3.70. The molecule has 0 unspecified atom stereocenters. The fourth-order valence-corrected chi connectivity index (χ4v) is 3.62. The number of nitrogens with one attached hydrogen (secondary N) is 1. The van der Waals surface area contributed by atoms with Gasteiger partial charge >= 0.3 is 5.97 Å². The van der Waals surface area contributed by atoms with E-state index in [0.717, 1.165) is 11.3 Å². The van der Waals surface area contributed by atoms with Crippen molar-refractivity contribution in [3.63, 3.8) is 0 Å². The van der Waals surface area contributed by atoms with Crippen LogP contribution in [0.5, 0.6) is 11.5 Å². The lowest BCUT2D eigenvalue weighted by Crippen LogP contribution is -2.21.